The van der Waals surface area contributed by atoms with Crippen LogP contribution in [0.2, 0.25) is 0 Å². The van der Waals surface area contributed by atoms with Crippen molar-refractivity contribution in [2.24, 2.45) is 0 Å². The molecule has 1 fully saturated rings. The molecule has 80 valence electrons. The average Bonchev–Trinajstić information content (AvgIpc) is 2.82. The number of hydrogen-bond acceptors (Lipinski definition) is 3. The molecule has 1 saturated heterocycles. The van der Waals surface area contributed by atoms with Crippen LogP contribution < -0.4 is 10.2 Å². The second-order valence-electron chi connectivity index (χ2n) is 4.42. The van der Waals surface area contributed by atoms with E-state index in [9.17, 15) is 0 Å². The quantitative estimate of drug-likeness (QED) is 0.746. The molecule has 1 N–H and O–H groups in total. The molecule has 0 spiro atoms. The van der Waals surface area contributed by atoms with Crippen molar-refractivity contribution < 1.29 is 0 Å². The summed E-state index contributed by atoms with van der Waals surface area (Å²) in [7, 11) is 0. The predicted octanol–water partition coefficient (Wildman–Crippen LogP) is 1.33. The van der Waals surface area contributed by atoms with Crippen LogP contribution >= 0.6 is 0 Å². The van der Waals surface area contributed by atoms with E-state index in [1.165, 1.54) is 42.9 Å². The van der Waals surface area contributed by atoms with Gasteiger partial charge in [0.05, 0.1) is 11.9 Å². The van der Waals surface area contributed by atoms with Crippen molar-refractivity contribution >= 4 is 5.69 Å². The van der Waals surface area contributed by atoms with Gasteiger partial charge < -0.3 is 10.2 Å². The minimum Gasteiger partial charge on any atom is -0.370 e. The Hall–Kier alpha value is -1.09. The monoisotopic (exact) mass is 203 g/mol. The lowest BCUT2D eigenvalue weighted by atomic mass is 10.1. The van der Waals surface area contributed by atoms with Gasteiger partial charge in [-0.25, -0.2) is 0 Å². The van der Waals surface area contributed by atoms with Gasteiger partial charge in [0.1, 0.15) is 0 Å². The summed E-state index contributed by atoms with van der Waals surface area (Å²) in [6.45, 7) is 4.47. The lowest BCUT2D eigenvalue weighted by molar-refractivity contribution is 0.630. The molecule has 2 aliphatic rings. The molecule has 2 aliphatic heterocycles. The van der Waals surface area contributed by atoms with E-state index in [2.05, 4.69) is 27.5 Å². The Balaban J connectivity index is 1.89. The first-order valence-corrected chi connectivity index (χ1v) is 5.87. The Morgan fingerprint density at radius 1 is 1.27 bits per heavy atom. The maximum absolute atomic E-state index is 4.58. The Morgan fingerprint density at radius 2 is 2.13 bits per heavy atom. The highest BCUT2D eigenvalue weighted by molar-refractivity contribution is 5.48. The molecule has 0 saturated carbocycles. The topological polar surface area (TPSA) is 28.2 Å². The van der Waals surface area contributed by atoms with Crippen LogP contribution in [0.15, 0.2) is 12.3 Å². The largest absolute Gasteiger partial charge is 0.370 e. The van der Waals surface area contributed by atoms with Gasteiger partial charge in [-0.05, 0) is 24.5 Å². The second kappa shape index (κ2) is 3.81. The van der Waals surface area contributed by atoms with Gasteiger partial charge in [0.25, 0.3) is 0 Å². The van der Waals surface area contributed by atoms with Gasteiger partial charge in [0.15, 0.2) is 0 Å². The van der Waals surface area contributed by atoms with E-state index in [0.29, 0.717) is 0 Å². The van der Waals surface area contributed by atoms with Crippen LogP contribution in [0.1, 0.15) is 24.1 Å². The van der Waals surface area contributed by atoms with Crippen LogP contribution in [-0.2, 0) is 13.0 Å². The maximum atomic E-state index is 4.58. The maximum Gasteiger partial charge on any atom is 0.0556 e. The van der Waals surface area contributed by atoms with Gasteiger partial charge >= 0.3 is 0 Å². The fourth-order valence-corrected chi connectivity index (χ4v) is 2.48. The molecule has 15 heavy (non-hydrogen) atoms. The van der Waals surface area contributed by atoms with E-state index in [-0.39, 0.29) is 0 Å². The molecule has 3 rings (SSSR count). The van der Waals surface area contributed by atoms with Crippen molar-refractivity contribution in [2.75, 3.05) is 24.5 Å². The zero-order valence-electron chi connectivity index (χ0n) is 9.00. The number of fused-ring (bicyclic) bond motifs is 1. The van der Waals surface area contributed by atoms with Crippen molar-refractivity contribution in [3.05, 3.63) is 23.5 Å². The Kier molecular flexibility index (Phi) is 2.33. The van der Waals surface area contributed by atoms with E-state index in [1.807, 2.05) is 0 Å². The minimum absolute atomic E-state index is 0.990. The molecule has 3 heteroatoms. The van der Waals surface area contributed by atoms with Gasteiger partial charge in [-0.2, -0.15) is 0 Å². The summed E-state index contributed by atoms with van der Waals surface area (Å²) in [6, 6.07) is 2.32. The van der Waals surface area contributed by atoms with Gasteiger partial charge in [-0.1, -0.05) is 0 Å². The number of aromatic nitrogens is 1. The van der Waals surface area contributed by atoms with E-state index in [4.69, 9.17) is 0 Å². The highest BCUT2D eigenvalue weighted by atomic mass is 15.1. The van der Waals surface area contributed by atoms with Gasteiger partial charge in [0, 0.05) is 38.3 Å². The number of rotatable bonds is 1. The van der Waals surface area contributed by atoms with Crippen LogP contribution in [0.25, 0.3) is 0 Å². The number of nitrogens with zero attached hydrogens (tertiary/aromatic N) is 2. The van der Waals surface area contributed by atoms with Crippen LogP contribution in [0.3, 0.4) is 0 Å². The second-order valence-corrected chi connectivity index (χ2v) is 4.42. The molecule has 3 nitrogen and oxygen atoms in total. The molecular weight excluding hydrogens is 186 g/mol. The third-order valence-corrected chi connectivity index (χ3v) is 3.37. The SMILES string of the molecule is c1nc2c(cc1N1CCCC1)CNCC2. The van der Waals surface area contributed by atoms with Gasteiger partial charge in [-0.15, -0.1) is 0 Å². The van der Waals surface area contributed by atoms with Crippen molar-refractivity contribution in [3.8, 4) is 0 Å². The molecule has 0 bridgehead atoms. The first-order chi connectivity index (χ1) is 7.43. The fraction of sp³-hybridized carbons (Fsp3) is 0.583. The van der Waals surface area contributed by atoms with Crippen LogP contribution in [0.5, 0.6) is 0 Å². The number of anilines is 1. The van der Waals surface area contributed by atoms with E-state index in [1.54, 1.807) is 0 Å². The fourth-order valence-electron chi connectivity index (χ4n) is 2.48. The Morgan fingerprint density at radius 3 is 3.00 bits per heavy atom. The van der Waals surface area contributed by atoms with Crippen molar-refractivity contribution in [1.82, 2.24) is 10.3 Å². The van der Waals surface area contributed by atoms with Crippen molar-refractivity contribution in [1.29, 1.82) is 0 Å². The summed E-state index contributed by atoms with van der Waals surface area (Å²) in [4.78, 5) is 7.03. The molecule has 1 aromatic heterocycles. The third-order valence-electron chi connectivity index (χ3n) is 3.37. The summed E-state index contributed by atoms with van der Waals surface area (Å²) in [6.07, 6.45) is 5.79. The average molecular weight is 203 g/mol. The molecule has 0 aliphatic carbocycles. The first kappa shape index (κ1) is 9.16. The summed E-state index contributed by atoms with van der Waals surface area (Å²) in [5.74, 6) is 0. The van der Waals surface area contributed by atoms with E-state index < -0.39 is 0 Å². The Labute approximate surface area is 90.5 Å². The van der Waals surface area contributed by atoms with Crippen LogP contribution in [0.4, 0.5) is 5.69 Å². The predicted molar refractivity (Wildman–Crippen MR) is 61.1 cm³/mol. The lowest BCUT2D eigenvalue weighted by Crippen LogP contribution is -2.25. The number of pyridine rings is 1. The normalized spacial score (nSPS) is 20.4. The first-order valence-electron chi connectivity index (χ1n) is 5.87. The smallest absolute Gasteiger partial charge is 0.0556 e. The van der Waals surface area contributed by atoms with E-state index in [0.717, 1.165) is 19.5 Å². The highest BCUT2D eigenvalue weighted by Gasteiger charge is 2.15. The molecular formula is C12H17N3. The summed E-state index contributed by atoms with van der Waals surface area (Å²) in [5.41, 5.74) is 4.00. The lowest BCUT2D eigenvalue weighted by Gasteiger charge is -2.21. The minimum atomic E-state index is 0.990. The standard InChI is InChI=1S/C12H17N3/c1-2-6-15(5-1)11-7-10-8-13-4-3-12(10)14-9-11/h7,9,13H,1-6,8H2. The van der Waals surface area contributed by atoms with Crippen LogP contribution in [-0.4, -0.2) is 24.6 Å². The third kappa shape index (κ3) is 1.72. The molecule has 3 heterocycles. The zero-order chi connectivity index (χ0) is 10.1. The summed E-state index contributed by atoms with van der Waals surface area (Å²) >= 11 is 0. The van der Waals surface area contributed by atoms with Gasteiger partial charge in [0.2, 0.25) is 0 Å². The van der Waals surface area contributed by atoms with Crippen molar-refractivity contribution in [3.63, 3.8) is 0 Å². The van der Waals surface area contributed by atoms with Crippen LogP contribution in [0, 0.1) is 0 Å². The summed E-state index contributed by atoms with van der Waals surface area (Å²) in [5, 5.41) is 3.40. The highest BCUT2D eigenvalue weighted by Crippen LogP contribution is 2.22. The summed E-state index contributed by atoms with van der Waals surface area (Å²) < 4.78 is 0. The molecule has 0 amide bonds. The molecule has 1 aromatic rings. The molecule has 0 unspecified atom stereocenters. The van der Waals surface area contributed by atoms with Crippen molar-refractivity contribution in [2.45, 2.75) is 25.8 Å². The van der Waals surface area contributed by atoms with E-state index >= 15 is 0 Å². The number of nitrogens with one attached hydrogen (secondary N) is 1. The zero-order valence-corrected chi connectivity index (χ0v) is 9.00. The van der Waals surface area contributed by atoms with Gasteiger partial charge in [-0.3, -0.25) is 4.98 Å². The number of hydrogen-bond donors (Lipinski definition) is 1. The molecule has 0 atom stereocenters. The molecule has 0 radical (unpaired) electrons. The molecule has 0 aromatic carbocycles. The Bertz CT molecular complexity index is 356.